The summed E-state index contributed by atoms with van der Waals surface area (Å²) in [5.41, 5.74) is 0. The van der Waals surface area contributed by atoms with Crippen LogP contribution in [0.5, 0.6) is 0 Å². The number of rotatable bonds is 1. The minimum absolute atomic E-state index is 0.553. The molecule has 8 heavy (non-hydrogen) atoms. The van der Waals surface area contributed by atoms with Gasteiger partial charge in [-0.1, -0.05) is 11.6 Å². The minimum atomic E-state index is 0.553. The van der Waals surface area contributed by atoms with Crippen LogP contribution < -0.4 is 0 Å². The number of hydrogen-bond donors (Lipinski definition) is 0. The lowest BCUT2D eigenvalue weighted by molar-refractivity contribution is 1.46. The van der Waals surface area contributed by atoms with Crippen LogP contribution in [-0.2, 0) is 0 Å². The first-order chi connectivity index (χ1) is 3.66. The van der Waals surface area contributed by atoms with E-state index in [1.165, 1.54) is 0 Å². The van der Waals surface area contributed by atoms with Crippen LogP contribution in [0, 0.1) is 0 Å². The van der Waals surface area contributed by atoms with E-state index in [0.717, 1.165) is 3.58 Å². The summed E-state index contributed by atoms with van der Waals surface area (Å²) in [6.07, 6.45) is 1.81. The first kappa shape index (κ1) is 8.43. The molecule has 0 radical (unpaired) electrons. The lowest BCUT2D eigenvalue weighted by atomic mass is 10.6. The van der Waals surface area contributed by atoms with Gasteiger partial charge in [0.2, 0.25) is 0 Å². The van der Waals surface area contributed by atoms with Crippen molar-refractivity contribution < 1.29 is 0 Å². The fraction of sp³-hybridized carbons (Fsp3) is 0.400. The summed E-state index contributed by atoms with van der Waals surface area (Å²) in [5.74, 6) is 0. The summed E-state index contributed by atoms with van der Waals surface area (Å²) >= 11 is 7.71. The maximum absolute atomic E-state index is 5.53. The SMILES string of the molecule is CN=C(Cl)/C=C(\C)I. The third kappa shape index (κ3) is 4.59. The highest BCUT2D eigenvalue weighted by Gasteiger charge is 1.83. The van der Waals surface area contributed by atoms with E-state index in [1.54, 1.807) is 7.05 Å². The van der Waals surface area contributed by atoms with Gasteiger partial charge in [-0.2, -0.15) is 0 Å². The van der Waals surface area contributed by atoms with Crippen LogP contribution in [0.1, 0.15) is 6.92 Å². The highest BCUT2D eigenvalue weighted by Crippen LogP contribution is 2.04. The second-order valence-corrected chi connectivity index (χ2v) is 3.37. The molecular weight excluding hydrogens is 236 g/mol. The van der Waals surface area contributed by atoms with Crippen molar-refractivity contribution in [2.24, 2.45) is 4.99 Å². The zero-order valence-corrected chi connectivity index (χ0v) is 7.69. The van der Waals surface area contributed by atoms with E-state index in [9.17, 15) is 0 Å². The zero-order chi connectivity index (χ0) is 6.57. The van der Waals surface area contributed by atoms with Gasteiger partial charge in [0.05, 0.1) is 0 Å². The lowest BCUT2D eigenvalue weighted by Crippen LogP contribution is -1.77. The van der Waals surface area contributed by atoms with E-state index in [-0.39, 0.29) is 0 Å². The molecule has 0 heterocycles. The third-order valence-corrected chi connectivity index (χ3v) is 1.12. The normalized spacial score (nSPS) is 14.5. The monoisotopic (exact) mass is 243 g/mol. The number of nitrogens with zero attached hydrogens (tertiary/aromatic N) is 1. The molecule has 0 aliphatic rings. The summed E-state index contributed by atoms with van der Waals surface area (Å²) in [4.78, 5) is 3.73. The summed E-state index contributed by atoms with van der Waals surface area (Å²) < 4.78 is 1.14. The maximum Gasteiger partial charge on any atom is 0.123 e. The topological polar surface area (TPSA) is 12.4 Å². The Morgan fingerprint density at radius 1 is 1.75 bits per heavy atom. The third-order valence-electron chi connectivity index (χ3n) is 0.532. The Balaban J connectivity index is 3.89. The lowest BCUT2D eigenvalue weighted by Gasteiger charge is -1.83. The first-order valence-electron chi connectivity index (χ1n) is 2.13. The highest BCUT2D eigenvalue weighted by atomic mass is 127. The van der Waals surface area contributed by atoms with Crippen LogP contribution in [0.2, 0.25) is 0 Å². The van der Waals surface area contributed by atoms with Crippen LogP contribution in [-0.4, -0.2) is 12.2 Å². The zero-order valence-electron chi connectivity index (χ0n) is 4.78. The Morgan fingerprint density at radius 3 is 2.38 bits per heavy atom. The number of hydrogen-bond acceptors (Lipinski definition) is 1. The molecule has 0 aliphatic heterocycles. The van der Waals surface area contributed by atoms with Crippen molar-refractivity contribution in [3.63, 3.8) is 0 Å². The van der Waals surface area contributed by atoms with E-state index < -0.39 is 0 Å². The molecule has 0 rings (SSSR count). The van der Waals surface area contributed by atoms with Gasteiger partial charge in [0, 0.05) is 7.05 Å². The Morgan fingerprint density at radius 2 is 2.25 bits per heavy atom. The fourth-order valence-corrected chi connectivity index (χ4v) is 0.871. The Bertz CT molecular complexity index is 124. The largest absolute Gasteiger partial charge is 0.277 e. The Hall–Kier alpha value is 0.430. The van der Waals surface area contributed by atoms with E-state index >= 15 is 0 Å². The van der Waals surface area contributed by atoms with E-state index in [1.807, 2.05) is 13.0 Å². The molecule has 0 aromatic heterocycles. The maximum atomic E-state index is 5.53. The Labute approximate surface area is 68.0 Å². The predicted octanol–water partition coefficient (Wildman–Crippen LogP) is 2.59. The molecule has 0 aromatic rings. The number of halogens is 2. The van der Waals surface area contributed by atoms with Gasteiger partial charge in [-0.3, -0.25) is 4.99 Å². The molecule has 0 saturated carbocycles. The summed E-state index contributed by atoms with van der Waals surface area (Å²) in [5, 5.41) is 0.553. The molecule has 0 spiro atoms. The van der Waals surface area contributed by atoms with Gasteiger partial charge in [-0.25, -0.2) is 0 Å². The van der Waals surface area contributed by atoms with E-state index in [0.29, 0.717) is 5.17 Å². The molecular formula is C5H7ClIN. The van der Waals surface area contributed by atoms with Crippen molar-refractivity contribution >= 4 is 39.4 Å². The van der Waals surface area contributed by atoms with Crippen LogP contribution in [0.4, 0.5) is 0 Å². The van der Waals surface area contributed by atoms with Crippen molar-refractivity contribution in [2.75, 3.05) is 7.05 Å². The van der Waals surface area contributed by atoms with Crippen molar-refractivity contribution in [1.82, 2.24) is 0 Å². The average molecular weight is 243 g/mol. The molecule has 0 bridgehead atoms. The molecule has 0 amide bonds. The number of allylic oxidation sites excluding steroid dienone is 2. The van der Waals surface area contributed by atoms with Crippen molar-refractivity contribution in [1.29, 1.82) is 0 Å². The van der Waals surface area contributed by atoms with Crippen molar-refractivity contribution in [3.05, 3.63) is 9.66 Å². The highest BCUT2D eigenvalue weighted by molar-refractivity contribution is 14.1. The molecule has 0 aliphatic carbocycles. The van der Waals surface area contributed by atoms with Crippen LogP contribution in [0.3, 0.4) is 0 Å². The van der Waals surface area contributed by atoms with Crippen molar-refractivity contribution in [2.45, 2.75) is 6.92 Å². The minimum Gasteiger partial charge on any atom is -0.277 e. The first-order valence-corrected chi connectivity index (χ1v) is 3.58. The second kappa shape index (κ2) is 4.32. The smallest absolute Gasteiger partial charge is 0.123 e. The molecule has 1 nitrogen and oxygen atoms in total. The molecule has 3 heteroatoms. The standard InChI is InChI=1S/C5H7ClIN/c1-4(7)3-5(6)8-2/h3H,1-2H3/b4-3+,8-5?. The molecule has 46 valence electrons. The van der Waals surface area contributed by atoms with E-state index in [4.69, 9.17) is 11.6 Å². The van der Waals surface area contributed by atoms with Crippen LogP contribution in [0.15, 0.2) is 14.6 Å². The fourth-order valence-electron chi connectivity index (χ4n) is 0.229. The summed E-state index contributed by atoms with van der Waals surface area (Å²) in [7, 11) is 1.67. The second-order valence-electron chi connectivity index (χ2n) is 1.28. The Kier molecular flexibility index (Phi) is 4.56. The number of aliphatic imine (C=N–C) groups is 1. The quantitative estimate of drug-likeness (QED) is 0.496. The predicted molar refractivity (Wildman–Crippen MR) is 47.0 cm³/mol. The molecule has 0 N–H and O–H groups in total. The van der Waals surface area contributed by atoms with Gasteiger partial charge in [-0.05, 0) is 39.2 Å². The van der Waals surface area contributed by atoms with E-state index in [2.05, 4.69) is 27.6 Å². The summed E-state index contributed by atoms with van der Waals surface area (Å²) in [6, 6.07) is 0. The van der Waals surface area contributed by atoms with Gasteiger partial charge in [-0.15, -0.1) is 0 Å². The molecule has 0 fully saturated rings. The van der Waals surface area contributed by atoms with Crippen LogP contribution in [0.25, 0.3) is 0 Å². The molecule has 0 atom stereocenters. The molecule has 0 aromatic carbocycles. The average Bonchev–Trinajstić information content (AvgIpc) is 1.65. The molecule has 0 unspecified atom stereocenters. The van der Waals surface area contributed by atoms with Crippen LogP contribution >= 0.6 is 34.2 Å². The van der Waals surface area contributed by atoms with Gasteiger partial charge >= 0.3 is 0 Å². The molecule has 0 saturated heterocycles. The van der Waals surface area contributed by atoms with Crippen molar-refractivity contribution in [3.8, 4) is 0 Å². The van der Waals surface area contributed by atoms with Gasteiger partial charge in [0.1, 0.15) is 5.17 Å². The van der Waals surface area contributed by atoms with Gasteiger partial charge in [0.15, 0.2) is 0 Å². The van der Waals surface area contributed by atoms with Gasteiger partial charge < -0.3 is 0 Å². The summed E-state index contributed by atoms with van der Waals surface area (Å²) in [6.45, 7) is 1.97. The van der Waals surface area contributed by atoms with Gasteiger partial charge in [0.25, 0.3) is 0 Å².